The average Bonchev–Trinajstić information content (AvgIpc) is 2.41. The summed E-state index contributed by atoms with van der Waals surface area (Å²) in [6.07, 6.45) is 0.603. The topological polar surface area (TPSA) is 61.6 Å². The summed E-state index contributed by atoms with van der Waals surface area (Å²) in [4.78, 5) is 10.1. The lowest BCUT2D eigenvalue weighted by atomic mass is 10.0. The predicted molar refractivity (Wildman–Crippen MR) is 50.5 cm³/mol. The molecule has 5 nitrogen and oxygen atoms in total. The van der Waals surface area contributed by atoms with Crippen molar-refractivity contribution in [2.24, 2.45) is 5.92 Å². The number of ether oxygens (including phenoxy) is 2. The number of rotatable bonds is 4. The number of hydrogen-bond donors (Lipinski definition) is 0. The summed E-state index contributed by atoms with van der Waals surface area (Å²) in [5.74, 6) is -0.638. The van der Waals surface area contributed by atoms with Gasteiger partial charge >= 0.3 is 0 Å². The molecule has 0 amide bonds. The third kappa shape index (κ3) is 2.92. The molecule has 1 fully saturated rings. The molecule has 0 aliphatic carbocycles. The van der Waals surface area contributed by atoms with Gasteiger partial charge in [-0.25, -0.2) is 0 Å². The molecule has 1 aliphatic heterocycles. The van der Waals surface area contributed by atoms with Crippen LogP contribution in [0.4, 0.5) is 0 Å². The quantitative estimate of drug-likeness (QED) is 0.512. The first-order valence-corrected chi connectivity index (χ1v) is 4.88. The number of nitrogens with zero attached hydrogens (tertiary/aromatic N) is 1. The van der Waals surface area contributed by atoms with Crippen LogP contribution in [-0.2, 0) is 9.47 Å². The van der Waals surface area contributed by atoms with E-state index < -0.39 is 5.79 Å². The molecule has 2 atom stereocenters. The molecule has 0 radical (unpaired) electrons. The van der Waals surface area contributed by atoms with Crippen molar-refractivity contribution in [1.29, 1.82) is 0 Å². The second-order valence-electron chi connectivity index (χ2n) is 4.05. The molecule has 14 heavy (non-hydrogen) atoms. The third-order valence-electron chi connectivity index (χ3n) is 2.46. The molecule has 1 aliphatic rings. The number of nitro groups is 1. The molecule has 82 valence electrons. The van der Waals surface area contributed by atoms with Gasteiger partial charge in [0.15, 0.2) is 5.79 Å². The lowest BCUT2D eigenvalue weighted by Gasteiger charge is -2.20. The van der Waals surface area contributed by atoms with Crippen LogP contribution < -0.4 is 0 Å². The third-order valence-corrected chi connectivity index (χ3v) is 2.46. The highest BCUT2D eigenvalue weighted by molar-refractivity contribution is 4.76. The molecule has 0 aromatic rings. The Morgan fingerprint density at radius 2 is 2.29 bits per heavy atom. The summed E-state index contributed by atoms with van der Waals surface area (Å²) in [7, 11) is 0. The minimum atomic E-state index is -0.589. The van der Waals surface area contributed by atoms with Crippen LogP contribution in [0.1, 0.15) is 27.2 Å². The van der Waals surface area contributed by atoms with Gasteiger partial charge in [0.1, 0.15) is 0 Å². The molecule has 5 heteroatoms. The van der Waals surface area contributed by atoms with Gasteiger partial charge in [-0.15, -0.1) is 0 Å². The summed E-state index contributed by atoms with van der Waals surface area (Å²) < 4.78 is 10.9. The largest absolute Gasteiger partial charge is 0.348 e. The van der Waals surface area contributed by atoms with E-state index in [1.54, 1.807) is 0 Å². The smallest absolute Gasteiger partial charge is 0.209 e. The van der Waals surface area contributed by atoms with Crippen molar-refractivity contribution in [2.75, 3.05) is 13.2 Å². The Hall–Kier alpha value is -0.680. The standard InChI is InChI=1S/C9H17NO4/c1-4-7(5-10(11)12)8-6-13-9(2,3)14-8/h7-8H,4-6H2,1-3H3/t7-,8+/m0/s1. The van der Waals surface area contributed by atoms with Crippen molar-refractivity contribution in [3.8, 4) is 0 Å². The van der Waals surface area contributed by atoms with E-state index in [9.17, 15) is 10.1 Å². The Bertz CT molecular complexity index is 217. The first-order valence-electron chi connectivity index (χ1n) is 4.88. The van der Waals surface area contributed by atoms with Crippen LogP contribution in [0, 0.1) is 16.0 Å². The predicted octanol–water partition coefficient (Wildman–Crippen LogP) is 1.44. The van der Waals surface area contributed by atoms with Crippen LogP contribution in [0.2, 0.25) is 0 Å². The molecule has 1 heterocycles. The van der Waals surface area contributed by atoms with Crippen LogP contribution in [0.25, 0.3) is 0 Å². The fourth-order valence-electron chi connectivity index (χ4n) is 1.65. The highest BCUT2D eigenvalue weighted by Gasteiger charge is 2.38. The normalized spacial score (nSPS) is 27.5. The summed E-state index contributed by atoms with van der Waals surface area (Å²) >= 11 is 0. The number of hydrogen-bond acceptors (Lipinski definition) is 4. The van der Waals surface area contributed by atoms with Gasteiger partial charge < -0.3 is 9.47 Å². The summed E-state index contributed by atoms with van der Waals surface area (Å²) in [5.41, 5.74) is 0. The molecule has 0 N–H and O–H groups in total. The van der Waals surface area contributed by atoms with Gasteiger partial charge in [0.2, 0.25) is 6.54 Å². The molecular weight excluding hydrogens is 186 g/mol. The van der Waals surface area contributed by atoms with Crippen LogP contribution in [0.15, 0.2) is 0 Å². The maximum absolute atomic E-state index is 10.4. The second kappa shape index (κ2) is 4.23. The average molecular weight is 203 g/mol. The van der Waals surface area contributed by atoms with Gasteiger partial charge in [-0.3, -0.25) is 10.1 Å². The monoisotopic (exact) mass is 203 g/mol. The SMILES string of the molecule is CC[C@@H](C[N+](=O)[O-])[C@H]1COC(C)(C)O1. The highest BCUT2D eigenvalue weighted by Crippen LogP contribution is 2.28. The van der Waals surface area contributed by atoms with Crippen LogP contribution >= 0.6 is 0 Å². The van der Waals surface area contributed by atoms with Gasteiger partial charge in [0.25, 0.3) is 0 Å². The zero-order chi connectivity index (χ0) is 10.8. The van der Waals surface area contributed by atoms with Crippen molar-refractivity contribution in [3.05, 3.63) is 10.1 Å². The minimum absolute atomic E-state index is 0.0411. The van der Waals surface area contributed by atoms with E-state index in [4.69, 9.17) is 9.47 Å². The maximum Gasteiger partial charge on any atom is 0.209 e. The van der Waals surface area contributed by atoms with E-state index in [0.29, 0.717) is 6.61 Å². The summed E-state index contributed by atoms with van der Waals surface area (Å²) in [6.45, 7) is 6.00. The van der Waals surface area contributed by atoms with Crippen molar-refractivity contribution >= 4 is 0 Å². The summed E-state index contributed by atoms with van der Waals surface area (Å²) in [6, 6.07) is 0. The first-order chi connectivity index (χ1) is 6.44. The van der Waals surface area contributed by atoms with Crippen LogP contribution in [0.5, 0.6) is 0 Å². The first kappa shape index (κ1) is 11.4. The van der Waals surface area contributed by atoms with E-state index in [2.05, 4.69) is 0 Å². The van der Waals surface area contributed by atoms with E-state index in [-0.39, 0.29) is 23.5 Å². The molecule has 0 saturated carbocycles. The van der Waals surface area contributed by atoms with Crippen molar-refractivity contribution in [3.63, 3.8) is 0 Å². The van der Waals surface area contributed by atoms with Gasteiger partial charge in [-0.05, 0) is 20.3 Å². The van der Waals surface area contributed by atoms with Crippen molar-refractivity contribution in [1.82, 2.24) is 0 Å². The molecule has 0 bridgehead atoms. The molecule has 0 aromatic carbocycles. The van der Waals surface area contributed by atoms with E-state index in [1.165, 1.54) is 0 Å². The Morgan fingerprint density at radius 1 is 1.64 bits per heavy atom. The Labute approximate surface area is 83.5 Å². The fourth-order valence-corrected chi connectivity index (χ4v) is 1.65. The van der Waals surface area contributed by atoms with Crippen molar-refractivity contribution in [2.45, 2.75) is 39.1 Å². The van der Waals surface area contributed by atoms with Crippen LogP contribution in [-0.4, -0.2) is 30.0 Å². The van der Waals surface area contributed by atoms with Crippen molar-refractivity contribution < 1.29 is 14.4 Å². The van der Waals surface area contributed by atoms with E-state index in [0.717, 1.165) is 6.42 Å². The van der Waals surface area contributed by atoms with Crippen LogP contribution in [0.3, 0.4) is 0 Å². The van der Waals surface area contributed by atoms with Gasteiger partial charge in [0.05, 0.1) is 18.6 Å². The molecule has 0 spiro atoms. The van der Waals surface area contributed by atoms with E-state index in [1.807, 2.05) is 20.8 Å². The lowest BCUT2D eigenvalue weighted by Crippen LogP contribution is -2.30. The van der Waals surface area contributed by atoms with E-state index >= 15 is 0 Å². The maximum atomic E-state index is 10.4. The zero-order valence-electron chi connectivity index (χ0n) is 8.86. The Kier molecular flexibility index (Phi) is 3.44. The highest BCUT2D eigenvalue weighted by atomic mass is 16.7. The zero-order valence-corrected chi connectivity index (χ0v) is 8.86. The second-order valence-corrected chi connectivity index (χ2v) is 4.05. The molecule has 0 unspecified atom stereocenters. The van der Waals surface area contributed by atoms with Gasteiger partial charge in [-0.2, -0.15) is 0 Å². The fraction of sp³-hybridized carbons (Fsp3) is 1.00. The Morgan fingerprint density at radius 3 is 2.64 bits per heavy atom. The molecular formula is C9H17NO4. The molecule has 1 rings (SSSR count). The lowest BCUT2D eigenvalue weighted by molar-refractivity contribution is -0.490. The Balaban J connectivity index is 2.50. The minimum Gasteiger partial charge on any atom is -0.348 e. The molecule has 1 saturated heterocycles. The van der Waals surface area contributed by atoms with Gasteiger partial charge in [0, 0.05) is 4.92 Å². The van der Waals surface area contributed by atoms with Gasteiger partial charge in [-0.1, -0.05) is 6.92 Å². The molecule has 0 aromatic heterocycles. The summed E-state index contributed by atoms with van der Waals surface area (Å²) in [5, 5.41) is 10.4.